The van der Waals surface area contributed by atoms with E-state index in [0.717, 1.165) is 0 Å². The van der Waals surface area contributed by atoms with Gasteiger partial charge in [0.2, 0.25) is 0 Å². The molecule has 3 N–H and O–H groups in total. The molecule has 0 bridgehead atoms. The van der Waals surface area contributed by atoms with Gasteiger partial charge in [-0.05, 0) is 18.6 Å². The van der Waals surface area contributed by atoms with Gasteiger partial charge in [-0.3, -0.25) is 0 Å². The van der Waals surface area contributed by atoms with Crippen LogP contribution >= 0.6 is 0 Å². The van der Waals surface area contributed by atoms with Gasteiger partial charge < -0.3 is 15.8 Å². The van der Waals surface area contributed by atoms with Crippen molar-refractivity contribution >= 4 is 11.5 Å². The van der Waals surface area contributed by atoms with Crippen LogP contribution in [0.3, 0.4) is 0 Å². The Bertz CT molecular complexity index is 577. The molecule has 0 saturated heterocycles. The van der Waals surface area contributed by atoms with E-state index in [2.05, 4.69) is 15.3 Å². The van der Waals surface area contributed by atoms with Gasteiger partial charge >= 0.3 is 0 Å². The maximum absolute atomic E-state index is 14.0. The van der Waals surface area contributed by atoms with Gasteiger partial charge in [0.1, 0.15) is 18.7 Å². The number of benzene rings is 1. The number of nitrogens with two attached hydrogens (primary N) is 1. The SMILES string of the molecule is CCc1ncnc(Nc2cccc(OCCN)c2)c1F. The number of aromatic nitrogens is 2. The van der Waals surface area contributed by atoms with Gasteiger partial charge in [-0.2, -0.15) is 0 Å². The number of nitrogens with one attached hydrogen (secondary N) is 1. The van der Waals surface area contributed by atoms with E-state index in [1.54, 1.807) is 6.07 Å². The van der Waals surface area contributed by atoms with Gasteiger partial charge in [0.05, 0.1) is 5.69 Å². The monoisotopic (exact) mass is 276 g/mol. The summed E-state index contributed by atoms with van der Waals surface area (Å²) in [5.74, 6) is 0.404. The Labute approximate surface area is 117 Å². The van der Waals surface area contributed by atoms with Gasteiger partial charge in [0.25, 0.3) is 0 Å². The average molecular weight is 276 g/mol. The lowest BCUT2D eigenvalue weighted by Gasteiger charge is -2.10. The molecule has 6 heteroatoms. The summed E-state index contributed by atoms with van der Waals surface area (Å²) in [5.41, 5.74) is 6.46. The fourth-order valence-corrected chi connectivity index (χ4v) is 1.72. The van der Waals surface area contributed by atoms with Crippen LogP contribution in [0, 0.1) is 5.82 Å². The minimum absolute atomic E-state index is 0.160. The molecule has 1 aromatic heterocycles. The largest absolute Gasteiger partial charge is 0.492 e. The molecule has 2 rings (SSSR count). The highest BCUT2D eigenvalue weighted by atomic mass is 19.1. The van der Waals surface area contributed by atoms with Crippen LogP contribution in [-0.2, 0) is 6.42 Å². The van der Waals surface area contributed by atoms with E-state index in [1.807, 2.05) is 25.1 Å². The summed E-state index contributed by atoms with van der Waals surface area (Å²) in [4.78, 5) is 7.81. The standard InChI is InChI=1S/C14H17FN4O/c1-2-12-13(15)14(18-9-17-12)19-10-4-3-5-11(8-10)20-7-6-16/h3-5,8-9H,2,6-7,16H2,1H3,(H,17,18,19). The number of ether oxygens (including phenoxy) is 1. The van der Waals surface area contributed by atoms with Crippen molar-refractivity contribution in [2.75, 3.05) is 18.5 Å². The van der Waals surface area contributed by atoms with Gasteiger partial charge in [-0.25, -0.2) is 14.4 Å². The molecule has 0 amide bonds. The number of halogens is 1. The summed E-state index contributed by atoms with van der Waals surface area (Å²) < 4.78 is 19.4. The Hall–Kier alpha value is -2.21. The molecule has 2 aromatic rings. The zero-order valence-electron chi connectivity index (χ0n) is 11.3. The third kappa shape index (κ3) is 3.42. The van der Waals surface area contributed by atoms with E-state index in [1.165, 1.54) is 6.33 Å². The molecule has 106 valence electrons. The molecule has 0 radical (unpaired) electrons. The number of aryl methyl sites for hydroxylation is 1. The number of rotatable bonds is 6. The average Bonchev–Trinajstić information content (AvgIpc) is 2.48. The minimum Gasteiger partial charge on any atom is -0.492 e. The third-order valence-corrected chi connectivity index (χ3v) is 2.68. The molecule has 0 unspecified atom stereocenters. The first-order valence-electron chi connectivity index (χ1n) is 6.44. The first-order chi connectivity index (χ1) is 9.74. The van der Waals surface area contributed by atoms with Crippen LogP contribution < -0.4 is 15.8 Å². The van der Waals surface area contributed by atoms with Crippen LogP contribution in [0.1, 0.15) is 12.6 Å². The molecule has 5 nitrogen and oxygen atoms in total. The summed E-state index contributed by atoms with van der Waals surface area (Å²) in [5, 5.41) is 2.93. The van der Waals surface area contributed by atoms with E-state index in [9.17, 15) is 4.39 Å². The number of hydrogen-bond acceptors (Lipinski definition) is 5. The Kier molecular flexibility index (Phi) is 4.84. The molecular weight excluding hydrogens is 259 g/mol. The smallest absolute Gasteiger partial charge is 0.187 e. The van der Waals surface area contributed by atoms with Crippen molar-refractivity contribution in [3.05, 3.63) is 42.1 Å². The van der Waals surface area contributed by atoms with Crippen molar-refractivity contribution in [3.63, 3.8) is 0 Å². The topological polar surface area (TPSA) is 73.1 Å². The van der Waals surface area contributed by atoms with Crippen LogP contribution in [-0.4, -0.2) is 23.1 Å². The molecule has 0 aliphatic rings. The highest BCUT2D eigenvalue weighted by Gasteiger charge is 2.09. The Morgan fingerprint density at radius 2 is 2.20 bits per heavy atom. The van der Waals surface area contributed by atoms with Crippen LogP contribution in [0.15, 0.2) is 30.6 Å². The number of anilines is 2. The Morgan fingerprint density at radius 3 is 2.95 bits per heavy atom. The van der Waals surface area contributed by atoms with E-state index in [-0.39, 0.29) is 5.82 Å². The van der Waals surface area contributed by atoms with Crippen LogP contribution in [0.25, 0.3) is 0 Å². The van der Waals surface area contributed by atoms with Crippen molar-refractivity contribution in [3.8, 4) is 5.75 Å². The van der Waals surface area contributed by atoms with Crippen LogP contribution in [0.2, 0.25) is 0 Å². The van der Waals surface area contributed by atoms with Crippen molar-refractivity contribution < 1.29 is 9.13 Å². The second-order valence-corrected chi connectivity index (χ2v) is 4.13. The van der Waals surface area contributed by atoms with E-state index >= 15 is 0 Å². The van der Waals surface area contributed by atoms with Crippen molar-refractivity contribution in [1.29, 1.82) is 0 Å². The van der Waals surface area contributed by atoms with Gasteiger partial charge in [-0.1, -0.05) is 13.0 Å². The fourth-order valence-electron chi connectivity index (χ4n) is 1.72. The summed E-state index contributed by atoms with van der Waals surface area (Å²) in [7, 11) is 0. The lowest BCUT2D eigenvalue weighted by molar-refractivity contribution is 0.328. The second kappa shape index (κ2) is 6.81. The van der Waals surface area contributed by atoms with Crippen molar-refractivity contribution in [2.45, 2.75) is 13.3 Å². The predicted molar refractivity (Wildman–Crippen MR) is 75.6 cm³/mol. The summed E-state index contributed by atoms with van der Waals surface area (Å²) >= 11 is 0. The molecule has 1 heterocycles. The summed E-state index contributed by atoms with van der Waals surface area (Å²) in [6.45, 7) is 2.72. The highest BCUT2D eigenvalue weighted by molar-refractivity contribution is 5.58. The molecule has 0 fully saturated rings. The van der Waals surface area contributed by atoms with Crippen LogP contribution in [0.5, 0.6) is 5.75 Å². The highest BCUT2D eigenvalue weighted by Crippen LogP contribution is 2.22. The van der Waals surface area contributed by atoms with E-state index < -0.39 is 5.82 Å². The Balaban J connectivity index is 2.17. The Morgan fingerprint density at radius 1 is 1.35 bits per heavy atom. The molecule has 0 saturated carbocycles. The van der Waals surface area contributed by atoms with Crippen molar-refractivity contribution in [1.82, 2.24) is 9.97 Å². The zero-order valence-corrected chi connectivity index (χ0v) is 11.3. The molecule has 0 atom stereocenters. The molecule has 1 aromatic carbocycles. The molecule has 0 spiro atoms. The first-order valence-corrected chi connectivity index (χ1v) is 6.44. The molecular formula is C14H17FN4O. The molecule has 0 aliphatic heterocycles. The predicted octanol–water partition coefficient (Wildman–Crippen LogP) is 2.26. The van der Waals surface area contributed by atoms with Gasteiger partial charge in [0.15, 0.2) is 11.6 Å². The van der Waals surface area contributed by atoms with E-state index in [4.69, 9.17) is 10.5 Å². The quantitative estimate of drug-likeness (QED) is 0.846. The first kappa shape index (κ1) is 14.2. The fraction of sp³-hybridized carbons (Fsp3) is 0.286. The van der Waals surface area contributed by atoms with Crippen molar-refractivity contribution in [2.24, 2.45) is 5.73 Å². The number of nitrogens with zero attached hydrogens (tertiary/aromatic N) is 2. The lowest BCUT2D eigenvalue weighted by atomic mass is 10.2. The summed E-state index contributed by atoms with van der Waals surface area (Å²) in [6, 6.07) is 7.20. The normalized spacial score (nSPS) is 10.3. The molecule has 0 aliphatic carbocycles. The maximum Gasteiger partial charge on any atom is 0.187 e. The molecule has 20 heavy (non-hydrogen) atoms. The lowest BCUT2D eigenvalue weighted by Crippen LogP contribution is -2.10. The number of hydrogen-bond donors (Lipinski definition) is 2. The van der Waals surface area contributed by atoms with Gasteiger partial charge in [0, 0.05) is 18.3 Å². The second-order valence-electron chi connectivity index (χ2n) is 4.13. The zero-order chi connectivity index (χ0) is 14.4. The van der Waals surface area contributed by atoms with Crippen LogP contribution in [0.4, 0.5) is 15.9 Å². The van der Waals surface area contributed by atoms with E-state index in [0.29, 0.717) is 36.7 Å². The maximum atomic E-state index is 14.0. The third-order valence-electron chi connectivity index (χ3n) is 2.68. The minimum atomic E-state index is -0.428. The summed E-state index contributed by atoms with van der Waals surface area (Å²) in [6.07, 6.45) is 1.86. The van der Waals surface area contributed by atoms with Gasteiger partial charge in [-0.15, -0.1) is 0 Å².